The highest BCUT2D eigenvalue weighted by molar-refractivity contribution is 8.04. The van der Waals surface area contributed by atoms with Gasteiger partial charge in [-0.15, -0.1) is 5.10 Å². The smallest absolute Gasteiger partial charge is 0.342 e. The molecule has 8 nitrogen and oxygen atoms in total. The zero-order chi connectivity index (χ0) is 19.4. The van der Waals surface area contributed by atoms with Crippen LogP contribution in [0.15, 0.2) is 50.9 Å². The average molecular weight is 385 g/mol. The Hall–Kier alpha value is -3.33. The minimum atomic E-state index is -1.15. The van der Waals surface area contributed by atoms with E-state index >= 15 is 0 Å². The van der Waals surface area contributed by atoms with E-state index in [2.05, 4.69) is 15.2 Å². The summed E-state index contributed by atoms with van der Waals surface area (Å²) in [6.45, 7) is 1.91. The summed E-state index contributed by atoms with van der Waals surface area (Å²) in [6.07, 6.45) is 2.01. The van der Waals surface area contributed by atoms with Crippen LogP contribution in [0.1, 0.15) is 28.9 Å². The third-order valence-corrected chi connectivity index (χ3v) is 4.46. The number of aryl methyl sites for hydroxylation is 1. The molecule has 3 rings (SSSR count). The van der Waals surface area contributed by atoms with E-state index in [0.29, 0.717) is 28.7 Å². The van der Waals surface area contributed by atoms with Crippen molar-refractivity contribution in [2.24, 2.45) is 0 Å². The summed E-state index contributed by atoms with van der Waals surface area (Å²) in [5.41, 5.74) is 0.513. The first-order chi connectivity index (χ1) is 13.0. The largest absolute Gasteiger partial charge is 0.478 e. The van der Waals surface area contributed by atoms with Gasteiger partial charge >= 0.3 is 11.9 Å². The minimum absolute atomic E-state index is 0.0240. The second kappa shape index (κ2) is 7.92. The van der Waals surface area contributed by atoms with Crippen molar-refractivity contribution in [3.05, 3.63) is 58.5 Å². The molecular weight excluding hydrogens is 370 g/mol. The lowest BCUT2D eigenvalue weighted by Crippen LogP contribution is -1.98. The van der Waals surface area contributed by atoms with Gasteiger partial charge in [0.05, 0.1) is 5.56 Å². The summed E-state index contributed by atoms with van der Waals surface area (Å²) < 4.78 is 5.64. The van der Waals surface area contributed by atoms with Crippen LogP contribution in [0, 0.1) is 0 Å². The van der Waals surface area contributed by atoms with Gasteiger partial charge in [0.15, 0.2) is 0 Å². The second-order valence-corrected chi connectivity index (χ2v) is 6.40. The zero-order valence-electron chi connectivity index (χ0n) is 14.2. The van der Waals surface area contributed by atoms with E-state index in [4.69, 9.17) is 4.42 Å². The van der Waals surface area contributed by atoms with E-state index in [1.54, 1.807) is 30.3 Å². The zero-order valence-corrected chi connectivity index (χ0v) is 15.0. The van der Waals surface area contributed by atoms with Crippen LogP contribution in [0.25, 0.3) is 17.4 Å². The number of carbonyl (C=O) groups is 2. The van der Waals surface area contributed by atoms with Crippen molar-refractivity contribution < 1.29 is 24.2 Å². The average Bonchev–Trinajstić information content (AvgIpc) is 3.30. The number of thioether (sulfide) groups is 1. The molecule has 0 radical (unpaired) electrons. The van der Waals surface area contributed by atoms with Gasteiger partial charge in [-0.05, 0) is 30.0 Å². The van der Waals surface area contributed by atoms with Crippen molar-refractivity contribution >= 4 is 29.8 Å². The number of aromatic amines is 1. The summed E-state index contributed by atoms with van der Waals surface area (Å²) in [5.74, 6) is -0.946. The molecule has 3 aromatic rings. The third kappa shape index (κ3) is 4.26. The van der Waals surface area contributed by atoms with Crippen molar-refractivity contribution in [1.29, 1.82) is 0 Å². The van der Waals surface area contributed by atoms with Gasteiger partial charge < -0.3 is 14.6 Å². The maximum Gasteiger partial charge on any atom is 0.342 e. The lowest BCUT2D eigenvalue weighted by molar-refractivity contribution is -0.131. The predicted molar refractivity (Wildman–Crippen MR) is 98.3 cm³/mol. The van der Waals surface area contributed by atoms with Gasteiger partial charge in [0.25, 0.3) is 0 Å². The molecule has 9 heteroatoms. The Bertz CT molecular complexity index is 1020. The number of aliphatic carboxylic acids is 1. The molecule has 0 spiro atoms. The summed E-state index contributed by atoms with van der Waals surface area (Å²) in [6, 6.07) is 9.60. The number of H-pyrrole nitrogens is 1. The highest BCUT2D eigenvalue weighted by atomic mass is 32.2. The van der Waals surface area contributed by atoms with E-state index in [1.807, 2.05) is 6.92 Å². The van der Waals surface area contributed by atoms with Crippen LogP contribution < -0.4 is 0 Å². The number of furan rings is 1. The molecule has 1 aromatic carbocycles. The molecule has 0 bridgehead atoms. The summed E-state index contributed by atoms with van der Waals surface area (Å²) in [4.78, 5) is 27.0. The molecule has 0 aliphatic heterocycles. The van der Waals surface area contributed by atoms with E-state index in [9.17, 15) is 19.8 Å². The molecule has 0 atom stereocenters. The summed E-state index contributed by atoms with van der Waals surface area (Å²) in [7, 11) is 0. The normalized spacial score (nSPS) is 11.5. The number of hydrogen-bond acceptors (Lipinski definition) is 6. The topological polar surface area (TPSA) is 129 Å². The van der Waals surface area contributed by atoms with E-state index in [0.717, 1.165) is 11.8 Å². The third-order valence-electron chi connectivity index (χ3n) is 3.58. The molecule has 0 aliphatic rings. The standard InChI is InChI=1S/C18H15N3O5S/c1-2-15-19-18(21-20-15)27-14(17(24)25)9-10-7-8-13(26-10)11-5-3-4-6-12(11)16(22)23/h3-9H,2H2,1H3,(H,22,23)(H,24,25)(H,19,20,21)/b14-9-. The van der Waals surface area contributed by atoms with Crippen molar-refractivity contribution in [2.45, 2.75) is 18.5 Å². The van der Waals surface area contributed by atoms with Crippen LogP contribution in [0.5, 0.6) is 0 Å². The predicted octanol–water partition coefficient (Wildman–Crippen LogP) is 3.54. The van der Waals surface area contributed by atoms with E-state index < -0.39 is 11.9 Å². The van der Waals surface area contributed by atoms with Crippen molar-refractivity contribution in [3.8, 4) is 11.3 Å². The van der Waals surface area contributed by atoms with E-state index in [1.165, 1.54) is 12.1 Å². The Morgan fingerprint density at radius 2 is 2.00 bits per heavy atom. The Morgan fingerprint density at radius 3 is 2.67 bits per heavy atom. The first-order valence-electron chi connectivity index (χ1n) is 7.94. The highest BCUT2D eigenvalue weighted by Gasteiger charge is 2.16. The van der Waals surface area contributed by atoms with Crippen LogP contribution in [-0.4, -0.2) is 37.3 Å². The lowest BCUT2D eigenvalue weighted by atomic mass is 10.1. The number of aromatic carboxylic acids is 1. The van der Waals surface area contributed by atoms with Gasteiger partial charge in [0.2, 0.25) is 5.16 Å². The SMILES string of the molecule is CCc1nc(S/C(=C\c2ccc(-c3ccccc3C(=O)O)o2)C(=O)O)n[nH]1. The van der Waals surface area contributed by atoms with Crippen LogP contribution >= 0.6 is 11.8 Å². The molecule has 2 aromatic heterocycles. The van der Waals surface area contributed by atoms with Crippen LogP contribution in [0.4, 0.5) is 0 Å². The Kier molecular flexibility index (Phi) is 5.41. The molecule has 0 saturated heterocycles. The Balaban J connectivity index is 1.90. The van der Waals surface area contributed by atoms with Crippen LogP contribution in [0.2, 0.25) is 0 Å². The van der Waals surface area contributed by atoms with Gasteiger partial charge in [0.1, 0.15) is 22.3 Å². The number of aromatic nitrogens is 3. The number of carboxylic acid groups (broad SMARTS) is 2. The van der Waals surface area contributed by atoms with Crippen molar-refractivity contribution in [3.63, 3.8) is 0 Å². The Labute approximate surface area is 157 Å². The first-order valence-corrected chi connectivity index (χ1v) is 8.76. The number of benzene rings is 1. The number of carboxylic acids is 2. The molecule has 3 N–H and O–H groups in total. The first kappa shape index (κ1) is 18.5. The molecule has 0 saturated carbocycles. The molecule has 2 heterocycles. The van der Waals surface area contributed by atoms with Gasteiger partial charge in [-0.1, -0.05) is 25.1 Å². The lowest BCUT2D eigenvalue weighted by Gasteiger charge is -2.02. The van der Waals surface area contributed by atoms with Crippen LogP contribution in [0.3, 0.4) is 0 Å². The van der Waals surface area contributed by atoms with Crippen LogP contribution in [-0.2, 0) is 11.2 Å². The second-order valence-electron chi connectivity index (χ2n) is 5.39. The van der Waals surface area contributed by atoms with Crippen molar-refractivity contribution in [2.75, 3.05) is 0 Å². The molecule has 0 unspecified atom stereocenters. The van der Waals surface area contributed by atoms with Gasteiger partial charge in [-0.25, -0.2) is 14.6 Å². The van der Waals surface area contributed by atoms with Gasteiger partial charge in [0, 0.05) is 18.1 Å². The minimum Gasteiger partial charge on any atom is -0.478 e. The summed E-state index contributed by atoms with van der Waals surface area (Å²) >= 11 is 0.895. The number of hydrogen-bond donors (Lipinski definition) is 3. The maximum atomic E-state index is 11.5. The fourth-order valence-electron chi connectivity index (χ4n) is 2.30. The molecule has 27 heavy (non-hydrogen) atoms. The van der Waals surface area contributed by atoms with Gasteiger partial charge in [-0.3, -0.25) is 5.10 Å². The molecule has 0 fully saturated rings. The molecule has 138 valence electrons. The monoisotopic (exact) mass is 385 g/mol. The number of rotatable bonds is 7. The summed E-state index contributed by atoms with van der Waals surface area (Å²) in [5, 5.41) is 25.7. The molecule has 0 aliphatic carbocycles. The maximum absolute atomic E-state index is 11.5. The van der Waals surface area contributed by atoms with E-state index in [-0.39, 0.29) is 16.2 Å². The molecule has 0 amide bonds. The number of nitrogens with one attached hydrogen (secondary N) is 1. The molecular formula is C18H15N3O5S. The van der Waals surface area contributed by atoms with Crippen molar-refractivity contribution in [1.82, 2.24) is 15.2 Å². The highest BCUT2D eigenvalue weighted by Crippen LogP contribution is 2.30. The fraction of sp³-hybridized carbons (Fsp3) is 0.111. The Morgan fingerprint density at radius 1 is 1.22 bits per heavy atom. The fourth-order valence-corrected chi connectivity index (χ4v) is 3.01. The quantitative estimate of drug-likeness (QED) is 0.416. The number of nitrogens with zero attached hydrogens (tertiary/aromatic N) is 2. The van der Waals surface area contributed by atoms with Gasteiger partial charge in [-0.2, -0.15) is 0 Å².